The van der Waals surface area contributed by atoms with Crippen LogP contribution in [0.25, 0.3) is 11.3 Å². The lowest BCUT2D eigenvalue weighted by atomic mass is 10.1. The molecule has 0 atom stereocenters. The van der Waals surface area contributed by atoms with Gasteiger partial charge in [0.2, 0.25) is 0 Å². The second kappa shape index (κ2) is 4.00. The summed E-state index contributed by atoms with van der Waals surface area (Å²) in [7, 11) is 1.80. The zero-order chi connectivity index (χ0) is 11.9. The van der Waals surface area contributed by atoms with Gasteiger partial charge in [-0.05, 0) is 13.0 Å². The first-order valence-electron chi connectivity index (χ1n) is 4.76. The minimum atomic E-state index is 0.505. The van der Waals surface area contributed by atoms with Crippen molar-refractivity contribution in [3.63, 3.8) is 0 Å². The van der Waals surface area contributed by atoms with Gasteiger partial charge in [0, 0.05) is 18.2 Å². The third-order valence-corrected chi connectivity index (χ3v) is 3.36. The van der Waals surface area contributed by atoms with Crippen LogP contribution in [0.2, 0.25) is 10.0 Å². The highest BCUT2D eigenvalue weighted by Crippen LogP contribution is 2.35. The maximum absolute atomic E-state index is 6.14. The van der Waals surface area contributed by atoms with Crippen molar-refractivity contribution >= 4 is 29.0 Å². The Balaban J connectivity index is 2.68. The molecule has 0 fully saturated rings. The molecule has 0 saturated heterocycles. The molecule has 2 aromatic rings. The van der Waals surface area contributed by atoms with Crippen LogP contribution in [-0.4, -0.2) is 9.78 Å². The first kappa shape index (κ1) is 11.3. The van der Waals surface area contributed by atoms with Gasteiger partial charge in [-0.25, -0.2) is 0 Å². The van der Waals surface area contributed by atoms with Crippen molar-refractivity contribution in [3.05, 3.63) is 33.8 Å². The Bertz CT molecular complexity index is 546. The summed E-state index contributed by atoms with van der Waals surface area (Å²) in [6, 6.07) is 5.46. The molecule has 0 amide bonds. The number of halogens is 2. The maximum Gasteiger partial charge on any atom is 0.124 e. The van der Waals surface area contributed by atoms with Gasteiger partial charge in [0.25, 0.3) is 0 Å². The van der Waals surface area contributed by atoms with Crippen molar-refractivity contribution in [1.29, 1.82) is 0 Å². The van der Waals surface area contributed by atoms with Crippen LogP contribution in [0, 0.1) is 6.92 Å². The van der Waals surface area contributed by atoms with E-state index in [1.807, 2.05) is 19.1 Å². The zero-order valence-electron chi connectivity index (χ0n) is 8.96. The van der Waals surface area contributed by atoms with Gasteiger partial charge in [-0.2, -0.15) is 5.10 Å². The van der Waals surface area contributed by atoms with Gasteiger partial charge < -0.3 is 5.73 Å². The minimum Gasteiger partial charge on any atom is -0.384 e. The summed E-state index contributed by atoms with van der Waals surface area (Å²) >= 11 is 12.1. The first-order valence-corrected chi connectivity index (χ1v) is 5.51. The van der Waals surface area contributed by atoms with E-state index < -0.39 is 0 Å². The molecular formula is C11H11Cl2N3. The molecule has 0 aliphatic rings. The molecule has 3 nitrogen and oxygen atoms in total. The molecule has 84 valence electrons. The van der Waals surface area contributed by atoms with Crippen LogP contribution in [0.4, 0.5) is 5.82 Å². The van der Waals surface area contributed by atoms with Crippen LogP contribution in [0.5, 0.6) is 0 Å². The Kier molecular flexibility index (Phi) is 2.82. The van der Waals surface area contributed by atoms with E-state index in [0.717, 1.165) is 16.8 Å². The normalized spacial score (nSPS) is 10.8. The Hall–Kier alpha value is -1.19. The van der Waals surface area contributed by atoms with Crippen molar-refractivity contribution in [1.82, 2.24) is 9.78 Å². The van der Waals surface area contributed by atoms with E-state index in [1.54, 1.807) is 17.8 Å². The van der Waals surface area contributed by atoms with Crippen LogP contribution in [-0.2, 0) is 7.05 Å². The number of nitrogens with zero attached hydrogens (tertiary/aromatic N) is 2. The molecule has 2 N–H and O–H groups in total. The van der Waals surface area contributed by atoms with Gasteiger partial charge in [-0.1, -0.05) is 35.3 Å². The standard InChI is InChI=1S/C11H11Cl2N3/c1-6-10(15-16(2)11(6)14)7-4-3-5-8(12)9(7)13/h3-5H,14H2,1-2H3. The number of aryl methyl sites for hydroxylation is 1. The van der Waals surface area contributed by atoms with E-state index in [4.69, 9.17) is 28.9 Å². The third kappa shape index (κ3) is 1.66. The lowest BCUT2D eigenvalue weighted by Gasteiger charge is -2.03. The number of rotatable bonds is 1. The minimum absolute atomic E-state index is 0.505. The average molecular weight is 256 g/mol. The fourth-order valence-corrected chi connectivity index (χ4v) is 1.98. The molecule has 5 heteroatoms. The number of anilines is 1. The molecular weight excluding hydrogens is 245 g/mol. The van der Waals surface area contributed by atoms with Gasteiger partial charge >= 0.3 is 0 Å². The highest BCUT2D eigenvalue weighted by atomic mass is 35.5. The summed E-state index contributed by atoms with van der Waals surface area (Å²) < 4.78 is 1.63. The van der Waals surface area contributed by atoms with E-state index >= 15 is 0 Å². The monoisotopic (exact) mass is 255 g/mol. The van der Waals surface area contributed by atoms with Crippen molar-refractivity contribution < 1.29 is 0 Å². The topological polar surface area (TPSA) is 43.8 Å². The van der Waals surface area contributed by atoms with Crippen LogP contribution in [0.3, 0.4) is 0 Å². The Morgan fingerprint density at radius 1 is 1.31 bits per heavy atom. The third-order valence-electron chi connectivity index (χ3n) is 2.54. The Morgan fingerprint density at radius 2 is 2.00 bits per heavy atom. The summed E-state index contributed by atoms with van der Waals surface area (Å²) in [6.45, 7) is 1.91. The van der Waals surface area contributed by atoms with Crippen LogP contribution < -0.4 is 5.73 Å². The van der Waals surface area contributed by atoms with Crippen molar-refractivity contribution in [3.8, 4) is 11.3 Å². The fourth-order valence-electron chi connectivity index (χ4n) is 1.59. The van der Waals surface area contributed by atoms with Gasteiger partial charge in [0.05, 0.1) is 15.7 Å². The second-order valence-electron chi connectivity index (χ2n) is 3.58. The first-order chi connectivity index (χ1) is 7.52. The summed E-state index contributed by atoms with van der Waals surface area (Å²) in [5, 5.41) is 5.35. The van der Waals surface area contributed by atoms with Crippen molar-refractivity contribution in [2.75, 3.05) is 5.73 Å². The number of aromatic nitrogens is 2. The summed E-state index contributed by atoms with van der Waals surface area (Å²) in [4.78, 5) is 0. The molecule has 1 aromatic heterocycles. The second-order valence-corrected chi connectivity index (χ2v) is 4.37. The SMILES string of the molecule is Cc1c(-c2cccc(Cl)c2Cl)nn(C)c1N. The van der Waals surface area contributed by atoms with E-state index in [0.29, 0.717) is 15.9 Å². The molecule has 16 heavy (non-hydrogen) atoms. The number of hydrogen-bond acceptors (Lipinski definition) is 2. The van der Waals surface area contributed by atoms with Gasteiger partial charge in [-0.3, -0.25) is 4.68 Å². The van der Waals surface area contributed by atoms with Crippen molar-refractivity contribution in [2.24, 2.45) is 7.05 Å². The van der Waals surface area contributed by atoms with E-state index in [2.05, 4.69) is 5.10 Å². The largest absolute Gasteiger partial charge is 0.384 e. The number of hydrogen-bond donors (Lipinski definition) is 1. The van der Waals surface area contributed by atoms with Crippen LogP contribution in [0.15, 0.2) is 18.2 Å². The summed E-state index contributed by atoms with van der Waals surface area (Å²) in [5.41, 5.74) is 8.34. The smallest absolute Gasteiger partial charge is 0.124 e. The Morgan fingerprint density at radius 3 is 2.56 bits per heavy atom. The number of benzene rings is 1. The quantitative estimate of drug-likeness (QED) is 0.850. The predicted molar refractivity (Wildman–Crippen MR) is 67.8 cm³/mol. The van der Waals surface area contributed by atoms with Crippen molar-refractivity contribution in [2.45, 2.75) is 6.92 Å². The summed E-state index contributed by atoms with van der Waals surface area (Å²) in [6.07, 6.45) is 0. The van der Waals surface area contributed by atoms with E-state index in [9.17, 15) is 0 Å². The number of nitrogens with two attached hydrogens (primary N) is 1. The van der Waals surface area contributed by atoms with Crippen LogP contribution in [0.1, 0.15) is 5.56 Å². The molecule has 1 heterocycles. The molecule has 0 aliphatic heterocycles. The Labute approximate surface area is 104 Å². The zero-order valence-corrected chi connectivity index (χ0v) is 10.5. The van der Waals surface area contributed by atoms with E-state index in [-0.39, 0.29) is 0 Å². The lowest BCUT2D eigenvalue weighted by molar-refractivity contribution is 0.782. The molecule has 2 rings (SSSR count). The molecule has 1 aromatic carbocycles. The summed E-state index contributed by atoms with van der Waals surface area (Å²) in [5.74, 6) is 0.631. The highest BCUT2D eigenvalue weighted by Gasteiger charge is 2.15. The average Bonchev–Trinajstić information content (AvgIpc) is 2.50. The van der Waals surface area contributed by atoms with Crippen LogP contribution >= 0.6 is 23.2 Å². The lowest BCUT2D eigenvalue weighted by Crippen LogP contribution is -1.97. The van der Waals surface area contributed by atoms with Gasteiger partial charge in [0.15, 0.2) is 0 Å². The van der Waals surface area contributed by atoms with Gasteiger partial charge in [0.1, 0.15) is 5.82 Å². The molecule has 0 spiro atoms. The predicted octanol–water partition coefficient (Wildman–Crippen LogP) is 3.28. The molecule has 0 saturated carbocycles. The molecule has 0 bridgehead atoms. The van der Waals surface area contributed by atoms with E-state index in [1.165, 1.54) is 0 Å². The maximum atomic E-state index is 6.14. The number of nitrogen functional groups attached to an aromatic ring is 1. The highest BCUT2D eigenvalue weighted by molar-refractivity contribution is 6.43. The molecule has 0 aliphatic carbocycles. The fraction of sp³-hybridized carbons (Fsp3) is 0.182. The van der Waals surface area contributed by atoms with Gasteiger partial charge in [-0.15, -0.1) is 0 Å². The molecule has 0 radical (unpaired) electrons. The molecule has 0 unspecified atom stereocenters.